The molecule has 0 unspecified atom stereocenters. The zero-order valence-electron chi connectivity index (χ0n) is 8.48. The minimum atomic E-state index is -0.977. The molecule has 0 aliphatic heterocycles. The number of aromatic carboxylic acids is 1. The first-order valence-electron chi connectivity index (χ1n) is 4.67. The maximum Gasteiger partial charge on any atom is 0.357 e. The molecular weight excluding hydrogens is 339 g/mol. The Bertz CT molecular complexity index is 553. The molecule has 1 N–H and O–H groups in total. The molecule has 84 valence electrons. The molecule has 2 rings (SSSR count). The highest BCUT2D eigenvalue weighted by Crippen LogP contribution is 2.25. The summed E-state index contributed by atoms with van der Waals surface area (Å²) in [5.74, 6) is -0.158. The van der Waals surface area contributed by atoms with Gasteiger partial charge in [0, 0.05) is 9.77 Å². The fourth-order valence-corrected chi connectivity index (χ4v) is 2.70. The van der Waals surface area contributed by atoms with Gasteiger partial charge in [-0.25, -0.2) is 9.78 Å². The predicted molar refractivity (Wildman–Crippen MR) is 71.3 cm³/mol. The van der Waals surface area contributed by atoms with E-state index in [0.717, 1.165) is 9.32 Å². The summed E-state index contributed by atoms with van der Waals surface area (Å²) in [6, 6.07) is 3.74. The molecule has 0 aliphatic carbocycles. The highest BCUT2D eigenvalue weighted by molar-refractivity contribution is 14.1. The van der Waals surface area contributed by atoms with Crippen molar-refractivity contribution in [3.8, 4) is 0 Å². The van der Waals surface area contributed by atoms with Crippen molar-refractivity contribution < 1.29 is 9.90 Å². The van der Waals surface area contributed by atoms with Crippen molar-refractivity contribution >= 4 is 46.0 Å². The van der Waals surface area contributed by atoms with E-state index in [-0.39, 0.29) is 5.69 Å². The van der Waals surface area contributed by atoms with Gasteiger partial charge in [-0.1, -0.05) is 6.92 Å². The number of thioether (sulfide) groups is 1. The number of pyridine rings is 1. The number of aromatic nitrogens is 2. The van der Waals surface area contributed by atoms with Crippen molar-refractivity contribution in [2.24, 2.45) is 0 Å². The fourth-order valence-electron chi connectivity index (χ4n) is 1.41. The third-order valence-electron chi connectivity index (χ3n) is 2.02. The second-order valence-electron chi connectivity index (χ2n) is 3.08. The number of halogens is 1. The summed E-state index contributed by atoms with van der Waals surface area (Å²) in [5, 5.41) is 9.77. The largest absolute Gasteiger partial charge is 0.476 e. The van der Waals surface area contributed by atoms with Gasteiger partial charge in [0.15, 0.2) is 5.69 Å². The Morgan fingerprint density at radius 3 is 3.00 bits per heavy atom. The number of carboxylic acids is 1. The number of imidazole rings is 1. The topological polar surface area (TPSA) is 54.6 Å². The van der Waals surface area contributed by atoms with Crippen molar-refractivity contribution in [1.82, 2.24) is 9.38 Å². The molecule has 0 atom stereocenters. The van der Waals surface area contributed by atoms with E-state index in [1.165, 1.54) is 11.8 Å². The van der Waals surface area contributed by atoms with Gasteiger partial charge in [0.1, 0.15) is 10.7 Å². The lowest BCUT2D eigenvalue weighted by atomic mass is 10.5. The zero-order chi connectivity index (χ0) is 11.7. The predicted octanol–water partition coefficient (Wildman–Crippen LogP) is 2.75. The SMILES string of the molecule is CCSc1c(C(=O)O)nc2ccc(I)cn12. The van der Waals surface area contributed by atoms with Crippen molar-refractivity contribution in [2.75, 3.05) is 5.75 Å². The molecule has 0 saturated heterocycles. The van der Waals surface area contributed by atoms with Gasteiger partial charge in [-0.15, -0.1) is 11.8 Å². The fraction of sp³-hybridized carbons (Fsp3) is 0.200. The standard InChI is InChI=1S/C10H9IN2O2S/c1-2-16-9-8(10(14)15)12-7-4-3-6(11)5-13(7)9/h3-5H,2H2,1H3,(H,14,15). The summed E-state index contributed by atoms with van der Waals surface area (Å²) in [6.45, 7) is 1.99. The van der Waals surface area contributed by atoms with Gasteiger partial charge >= 0.3 is 5.97 Å². The average molecular weight is 348 g/mol. The normalized spacial score (nSPS) is 10.9. The molecule has 0 bridgehead atoms. The van der Waals surface area contributed by atoms with E-state index in [2.05, 4.69) is 27.6 Å². The van der Waals surface area contributed by atoms with Gasteiger partial charge in [-0.05, 0) is 40.5 Å². The van der Waals surface area contributed by atoms with E-state index in [9.17, 15) is 4.79 Å². The molecular formula is C10H9IN2O2S. The van der Waals surface area contributed by atoms with Crippen LogP contribution in [0.15, 0.2) is 23.4 Å². The maximum absolute atomic E-state index is 11.1. The first-order chi connectivity index (χ1) is 7.63. The number of nitrogens with zero attached hydrogens (tertiary/aromatic N) is 2. The van der Waals surface area contributed by atoms with E-state index in [1.54, 1.807) is 0 Å². The summed E-state index contributed by atoms with van der Waals surface area (Å²) in [5.41, 5.74) is 0.808. The molecule has 0 fully saturated rings. The highest BCUT2D eigenvalue weighted by Gasteiger charge is 2.17. The third-order valence-corrected chi connectivity index (χ3v) is 3.61. The summed E-state index contributed by atoms with van der Waals surface area (Å²) in [7, 11) is 0. The molecule has 0 aromatic carbocycles. The maximum atomic E-state index is 11.1. The Hall–Kier alpha value is -0.760. The van der Waals surface area contributed by atoms with Gasteiger partial charge in [0.05, 0.1) is 0 Å². The van der Waals surface area contributed by atoms with Gasteiger partial charge in [-0.3, -0.25) is 4.40 Å². The first kappa shape index (κ1) is 11.7. The van der Waals surface area contributed by atoms with Crippen LogP contribution in [0.5, 0.6) is 0 Å². The Morgan fingerprint density at radius 1 is 1.62 bits per heavy atom. The van der Waals surface area contributed by atoms with Crippen LogP contribution in [0.1, 0.15) is 17.4 Å². The molecule has 6 heteroatoms. The average Bonchev–Trinajstić information content (AvgIpc) is 2.58. The van der Waals surface area contributed by atoms with Crippen LogP contribution in [-0.4, -0.2) is 26.2 Å². The molecule has 2 heterocycles. The first-order valence-corrected chi connectivity index (χ1v) is 6.73. The van der Waals surface area contributed by atoms with Crippen LogP contribution >= 0.6 is 34.4 Å². The van der Waals surface area contributed by atoms with E-state index >= 15 is 0 Å². The Kier molecular flexibility index (Phi) is 3.38. The number of carbonyl (C=O) groups is 1. The highest BCUT2D eigenvalue weighted by atomic mass is 127. The van der Waals surface area contributed by atoms with Crippen LogP contribution < -0.4 is 0 Å². The summed E-state index contributed by atoms with van der Waals surface area (Å²) >= 11 is 3.69. The molecule has 2 aromatic rings. The van der Waals surface area contributed by atoms with Crippen LogP contribution in [0.2, 0.25) is 0 Å². The molecule has 0 amide bonds. The summed E-state index contributed by atoms with van der Waals surface area (Å²) in [6.07, 6.45) is 1.90. The molecule has 0 radical (unpaired) electrons. The van der Waals surface area contributed by atoms with Crippen LogP contribution in [0.25, 0.3) is 5.65 Å². The van der Waals surface area contributed by atoms with Gasteiger partial charge in [-0.2, -0.15) is 0 Å². The second-order valence-corrected chi connectivity index (χ2v) is 5.58. The third kappa shape index (κ3) is 2.03. The molecule has 16 heavy (non-hydrogen) atoms. The molecule has 0 spiro atoms. The molecule has 4 nitrogen and oxygen atoms in total. The lowest BCUT2D eigenvalue weighted by Gasteiger charge is -2.00. The minimum Gasteiger partial charge on any atom is -0.476 e. The lowest BCUT2D eigenvalue weighted by Crippen LogP contribution is -1.99. The lowest BCUT2D eigenvalue weighted by molar-refractivity contribution is 0.0687. The number of fused-ring (bicyclic) bond motifs is 1. The number of carboxylic acid groups (broad SMARTS) is 1. The number of rotatable bonds is 3. The summed E-state index contributed by atoms with van der Waals surface area (Å²) < 4.78 is 2.89. The molecule has 0 aliphatic rings. The number of hydrogen-bond acceptors (Lipinski definition) is 3. The minimum absolute atomic E-state index is 0.133. The van der Waals surface area contributed by atoms with Crippen molar-refractivity contribution in [2.45, 2.75) is 11.9 Å². The van der Waals surface area contributed by atoms with Gasteiger partial charge in [0.25, 0.3) is 0 Å². The Balaban J connectivity index is 2.71. The van der Waals surface area contributed by atoms with E-state index < -0.39 is 5.97 Å². The van der Waals surface area contributed by atoms with Crippen LogP contribution in [0, 0.1) is 3.57 Å². The second kappa shape index (κ2) is 4.62. The van der Waals surface area contributed by atoms with E-state index in [4.69, 9.17) is 5.11 Å². The summed E-state index contributed by atoms with van der Waals surface area (Å²) in [4.78, 5) is 15.2. The van der Waals surface area contributed by atoms with Gasteiger partial charge in [0.2, 0.25) is 0 Å². The van der Waals surface area contributed by atoms with Gasteiger partial charge < -0.3 is 5.11 Å². The van der Waals surface area contributed by atoms with E-state index in [1.807, 2.05) is 29.7 Å². The van der Waals surface area contributed by atoms with Crippen LogP contribution in [0.4, 0.5) is 0 Å². The number of hydrogen-bond donors (Lipinski definition) is 1. The molecule has 2 aromatic heterocycles. The smallest absolute Gasteiger partial charge is 0.357 e. The zero-order valence-corrected chi connectivity index (χ0v) is 11.4. The molecule has 0 saturated carbocycles. The monoisotopic (exact) mass is 348 g/mol. The Labute approximate surface area is 110 Å². The van der Waals surface area contributed by atoms with Crippen LogP contribution in [-0.2, 0) is 0 Å². The van der Waals surface area contributed by atoms with Crippen molar-refractivity contribution in [3.05, 3.63) is 27.6 Å². The van der Waals surface area contributed by atoms with Crippen LogP contribution in [0.3, 0.4) is 0 Å². The van der Waals surface area contributed by atoms with E-state index in [0.29, 0.717) is 10.7 Å². The Morgan fingerprint density at radius 2 is 2.38 bits per heavy atom. The quantitative estimate of drug-likeness (QED) is 0.685. The van der Waals surface area contributed by atoms with Crippen molar-refractivity contribution in [1.29, 1.82) is 0 Å². The van der Waals surface area contributed by atoms with Crippen molar-refractivity contribution in [3.63, 3.8) is 0 Å².